The van der Waals surface area contributed by atoms with Gasteiger partial charge in [0.1, 0.15) is 6.07 Å². The molecule has 2 aromatic rings. The standard InChI is InChI=1S/C16H15N5O4/c1-3-25-16(24)10(8-17)9-18-19-14(22)13-11-6-4-5-7-12(11)15(23)21(2)20-13/h4-7,9,18H,3H2,1-2H3,(H,19,22)/b10-9+. The lowest BCUT2D eigenvalue weighted by molar-refractivity contribution is -0.138. The molecule has 128 valence electrons. The highest BCUT2D eigenvalue weighted by molar-refractivity contribution is 6.04. The first kappa shape index (κ1) is 17.7. The van der Waals surface area contributed by atoms with Gasteiger partial charge < -0.3 is 10.2 Å². The second-order valence-electron chi connectivity index (χ2n) is 4.81. The molecule has 0 aliphatic heterocycles. The average Bonchev–Trinajstić information content (AvgIpc) is 2.61. The average molecular weight is 341 g/mol. The molecule has 2 N–H and O–H groups in total. The molecule has 25 heavy (non-hydrogen) atoms. The number of ether oxygens (including phenoxy) is 1. The molecule has 0 radical (unpaired) electrons. The number of carbonyl (C=O) groups excluding carboxylic acids is 2. The Labute approximate surface area is 142 Å². The molecule has 1 heterocycles. The molecule has 1 amide bonds. The number of nitrogens with one attached hydrogen (secondary N) is 2. The Morgan fingerprint density at radius 1 is 1.36 bits per heavy atom. The zero-order chi connectivity index (χ0) is 18.4. The van der Waals surface area contributed by atoms with Crippen molar-refractivity contribution >= 4 is 22.6 Å². The van der Waals surface area contributed by atoms with Crippen molar-refractivity contribution in [3.8, 4) is 6.07 Å². The summed E-state index contributed by atoms with van der Waals surface area (Å²) < 4.78 is 5.75. The number of amides is 1. The van der Waals surface area contributed by atoms with E-state index in [0.717, 1.165) is 10.9 Å². The van der Waals surface area contributed by atoms with E-state index in [9.17, 15) is 14.4 Å². The van der Waals surface area contributed by atoms with Gasteiger partial charge in [0.15, 0.2) is 11.3 Å². The lowest BCUT2D eigenvalue weighted by Crippen LogP contribution is -2.36. The van der Waals surface area contributed by atoms with Crippen LogP contribution in [0.15, 0.2) is 40.8 Å². The summed E-state index contributed by atoms with van der Waals surface area (Å²) in [6.07, 6.45) is 1.01. The van der Waals surface area contributed by atoms with Gasteiger partial charge in [-0.2, -0.15) is 10.4 Å². The van der Waals surface area contributed by atoms with E-state index < -0.39 is 11.9 Å². The van der Waals surface area contributed by atoms with E-state index >= 15 is 0 Å². The fraction of sp³-hybridized carbons (Fsp3) is 0.188. The molecule has 0 spiro atoms. The molecule has 2 rings (SSSR count). The Morgan fingerprint density at radius 3 is 2.68 bits per heavy atom. The maximum absolute atomic E-state index is 12.3. The summed E-state index contributed by atoms with van der Waals surface area (Å²) in [6, 6.07) is 8.23. The van der Waals surface area contributed by atoms with Crippen molar-refractivity contribution in [3.63, 3.8) is 0 Å². The zero-order valence-corrected chi connectivity index (χ0v) is 13.6. The first-order chi connectivity index (χ1) is 12.0. The lowest BCUT2D eigenvalue weighted by atomic mass is 10.1. The van der Waals surface area contributed by atoms with Gasteiger partial charge >= 0.3 is 5.97 Å². The lowest BCUT2D eigenvalue weighted by Gasteiger charge is -2.09. The number of hydrazine groups is 1. The number of rotatable bonds is 5. The van der Waals surface area contributed by atoms with Crippen LogP contribution in [0.5, 0.6) is 0 Å². The topological polar surface area (TPSA) is 126 Å². The smallest absolute Gasteiger partial charge is 0.350 e. The number of hydrogen-bond donors (Lipinski definition) is 2. The first-order valence-electron chi connectivity index (χ1n) is 7.29. The predicted octanol–water partition coefficient (Wildman–Crippen LogP) is 0.138. The molecule has 1 aromatic heterocycles. The SMILES string of the molecule is CCOC(=O)/C(C#N)=C/NNC(=O)c1nn(C)c(=O)c2ccccc12. The third-order valence-corrected chi connectivity index (χ3v) is 3.19. The number of nitrogens with zero attached hydrogens (tertiary/aromatic N) is 3. The van der Waals surface area contributed by atoms with E-state index in [1.54, 1.807) is 37.3 Å². The number of esters is 1. The third-order valence-electron chi connectivity index (χ3n) is 3.19. The van der Waals surface area contributed by atoms with Gasteiger partial charge in [-0.3, -0.25) is 15.0 Å². The van der Waals surface area contributed by atoms with Crippen LogP contribution in [0.3, 0.4) is 0 Å². The molecule has 0 aliphatic rings. The van der Waals surface area contributed by atoms with E-state index in [0.29, 0.717) is 10.8 Å². The number of benzene rings is 1. The van der Waals surface area contributed by atoms with Crippen molar-refractivity contribution in [3.05, 3.63) is 52.1 Å². The minimum atomic E-state index is -0.808. The maximum Gasteiger partial charge on any atom is 0.350 e. The number of aromatic nitrogens is 2. The van der Waals surface area contributed by atoms with Gasteiger partial charge in [0.2, 0.25) is 0 Å². The fourth-order valence-electron chi connectivity index (χ4n) is 2.05. The minimum absolute atomic E-state index is 0.0215. The third kappa shape index (κ3) is 3.81. The number of hydrogen-bond acceptors (Lipinski definition) is 7. The van der Waals surface area contributed by atoms with E-state index in [4.69, 9.17) is 10.00 Å². The van der Waals surface area contributed by atoms with E-state index in [-0.39, 0.29) is 23.4 Å². The predicted molar refractivity (Wildman–Crippen MR) is 87.9 cm³/mol. The molecule has 0 bridgehead atoms. The highest BCUT2D eigenvalue weighted by Crippen LogP contribution is 2.12. The second-order valence-corrected chi connectivity index (χ2v) is 4.81. The van der Waals surface area contributed by atoms with Gasteiger partial charge in [-0.25, -0.2) is 9.48 Å². The van der Waals surface area contributed by atoms with Crippen LogP contribution in [0.1, 0.15) is 17.4 Å². The number of fused-ring (bicyclic) bond motifs is 1. The van der Waals surface area contributed by atoms with Gasteiger partial charge in [-0.1, -0.05) is 18.2 Å². The first-order valence-corrected chi connectivity index (χ1v) is 7.29. The van der Waals surface area contributed by atoms with Crippen LogP contribution in [0.25, 0.3) is 10.8 Å². The Hall–Kier alpha value is -3.67. The molecule has 0 saturated heterocycles. The molecule has 9 nitrogen and oxygen atoms in total. The van der Waals surface area contributed by atoms with Gasteiger partial charge in [0.25, 0.3) is 11.5 Å². The van der Waals surface area contributed by atoms with Crippen LogP contribution >= 0.6 is 0 Å². The Bertz CT molecular complexity index is 955. The summed E-state index contributed by atoms with van der Waals surface area (Å²) >= 11 is 0. The molecule has 0 aliphatic carbocycles. The Morgan fingerprint density at radius 2 is 2.04 bits per heavy atom. The van der Waals surface area contributed by atoms with Crippen molar-refractivity contribution < 1.29 is 14.3 Å². The van der Waals surface area contributed by atoms with Crippen molar-refractivity contribution in [1.82, 2.24) is 20.6 Å². The van der Waals surface area contributed by atoms with Crippen molar-refractivity contribution in [2.45, 2.75) is 6.92 Å². The van der Waals surface area contributed by atoms with Gasteiger partial charge in [0.05, 0.1) is 12.0 Å². The molecular weight excluding hydrogens is 326 g/mol. The maximum atomic E-state index is 12.3. The highest BCUT2D eigenvalue weighted by Gasteiger charge is 2.15. The van der Waals surface area contributed by atoms with Crippen LogP contribution in [0.4, 0.5) is 0 Å². The van der Waals surface area contributed by atoms with E-state index in [1.165, 1.54) is 7.05 Å². The summed E-state index contributed by atoms with van der Waals surface area (Å²) in [4.78, 5) is 35.8. The summed E-state index contributed by atoms with van der Waals surface area (Å²) in [5.41, 5.74) is 4.05. The number of carbonyl (C=O) groups is 2. The van der Waals surface area contributed by atoms with E-state index in [1.807, 2.05) is 0 Å². The van der Waals surface area contributed by atoms with Gasteiger partial charge in [0, 0.05) is 18.6 Å². The molecule has 0 fully saturated rings. The van der Waals surface area contributed by atoms with E-state index in [2.05, 4.69) is 16.0 Å². The summed E-state index contributed by atoms with van der Waals surface area (Å²) in [5, 5.41) is 13.6. The number of nitriles is 1. The second kappa shape index (κ2) is 7.74. The minimum Gasteiger partial charge on any atom is -0.462 e. The molecule has 9 heteroatoms. The molecule has 0 unspecified atom stereocenters. The summed E-state index contributed by atoms with van der Waals surface area (Å²) in [5.74, 6) is -1.44. The van der Waals surface area contributed by atoms with Crippen LogP contribution in [-0.2, 0) is 16.6 Å². The molecule has 0 atom stereocenters. The molecule has 0 saturated carbocycles. The normalized spacial score (nSPS) is 10.8. The van der Waals surface area contributed by atoms with Crippen LogP contribution < -0.4 is 16.4 Å². The van der Waals surface area contributed by atoms with Crippen molar-refractivity contribution in [1.29, 1.82) is 5.26 Å². The van der Waals surface area contributed by atoms with Gasteiger partial charge in [-0.05, 0) is 13.0 Å². The molecule has 1 aromatic carbocycles. The Balaban J connectivity index is 2.24. The Kier molecular flexibility index (Phi) is 5.47. The monoisotopic (exact) mass is 341 g/mol. The summed E-state index contributed by atoms with van der Waals surface area (Å²) in [7, 11) is 1.44. The van der Waals surface area contributed by atoms with Gasteiger partial charge in [-0.15, -0.1) is 0 Å². The van der Waals surface area contributed by atoms with Crippen molar-refractivity contribution in [2.24, 2.45) is 7.05 Å². The zero-order valence-electron chi connectivity index (χ0n) is 13.6. The van der Waals surface area contributed by atoms with Crippen molar-refractivity contribution in [2.75, 3.05) is 6.61 Å². The number of aryl methyl sites for hydroxylation is 1. The quantitative estimate of drug-likeness (QED) is 0.343. The largest absolute Gasteiger partial charge is 0.462 e. The summed E-state index contributed by atoms with van der Waals surface area (Å²) in [6.45, 7) is 1.73. The van der Waals surface area contributed by atoms with Crippen LogP contribution in [-0.4, -0.2) is 28.3 Å². The fourth-order valence-corrected chi connectivity index (χ4v) is 2.05. The van der Waals surface area contributed by atoms with Crippen LogP contribution in [0, 0.1) is 11.3 Å². The highest BCUT2D eigenvalue weighted by atomic mass is 16.5. The molecular formula is C16H15N5O4. The van der Waals surface area contributed by atoms with Crippen LogP contribution in [0.2, 0.25) is 0 Å².